The number of likely N-dealkylation sites (tertiary alicyclic amines) is 2. The number of hydrogen-bond acceptors (Lipinski definition) is 7. The largest absolute Gasteiger partial charge is 0.486 e. The summed E-state index contributed by atoms with van der Waals surface area (Å²) >= 11 is 0. The van der Waals surface area contributed by atoms with Crippen molar-refractivity contribution in [2.45, 2.75) is 61.7 Å². The Morgan fingerprint density at radius 2 is 1.89 bits per heavy atom. The quantitative estimate of drug-likeness (QED) is 0.626. The van der Waals surface area contributed by atoms with Crippen LogP contribution in [0.5, 0.6) is 5.75 Å². The van der Waals surface area contributed by atoms with Gasteiger partial charge in [0, 0.05) is 52.7 Å². The van der Waals surface area contributed by atoms with Crippen LogP contribution >= 0.6 is 0 Å². The number of nitrogens with zero attached hydrogens (tertiary/aromatic N) is 3. The fourth-order valence-electron chi connectivity index (χ4n) is 5.79. The summed E-state index contributed by atoms with van der Waals surface area (Å²) in [7, 11) is -1.86. The topological polar surface area (TPSA) is 102 Å². The van der Waals surface area contributed by atoms with E-state index in [4.69, 9.17) is 4.74 Å². The van der Waals surface area contributed by atoms with Crippen LogP contribution in [0.1, 0.15) is 44.1 Å². The molecule has 1 saturated carbocycles. The number of sulfonamides is 1. The fraction of sp³-hybridized carbons (Fsp3) is 0.720. The molecule has 4 aliphatic rings. The first kappa shape index (κ1) is 25.0. The third-order valence-electron chi connectivity index (χ3n) is 8.05. The summed E-state index contributed by atoms with van der Waals surface area (Å²) in [5.74, 6) is 1.49. The summed E-state index contributed by atoms with van der Waals surface area (Å²) in [5, 5.41) is 10.5. The maximum absolute atomic E-state index is 13.2. The number of aliphatic hydroxyl groups excluding tert-OH is 1. The average molecular weight is 507 g/mol. The van der Waals surface area contributed by atoms with Crippen molar-refractivity contribution >= 4 is 15.9 Å². The molecule has 1 aliphatic carbocycles. The van der Waals surface area contributed by atoms with E-state index in [0.29, 0.717) is 25.4 Å². The minimum absolute atomic E-state index is 0.0411. The van der Waals surface area contributed by atoms with Crippen molar-refractivity contribution < 1.29 is 23.1 Å². The number of β-amino-alcohol motifs (C(OH)–C–C–N with tert-alkyl or cyclic N) is 1. The lowest BCUT2D eigenvalue weighted by molar-refractivity contribution is -0.129. The number of nitrogens with one attached hydrogen (secondary N) is 1. The molecule has 0 unspecified atom stereocenters. The van der Waals surface area contributed by atoms with Gasteiger partial charge in [0.25, 0.3) is 0 Å². The monoisotopic (exact) mass is 506 g/mol. The Balaban J connectivity index is 1.44. The molecule has 0 spiro atoms. The SMILES string of the molecule is CC(=O)N1CCC(c2ccc3c(c2)O[C@H]2CN(CC4CC4)C[C@H]2N(C)C[C@@H](O)CNS3(=O)=O)CC1. The van der Waals surface area contributed by atoms with Gasteiger partial charge in [-0.2, -0.15) is 0 Å². The summed E-state index contributed by atoms with van der Waals surface area (Å²) in [6, 6.07) is 5.49. The van der Waals surface area contributed by atoms with Gasteiger partial charge in [-0.05, 0) is 62.3 Å². The number of hydrogen-bond donors (Lipinski definition) is 2. The average Bonchev–Trinajstić information content (AvgIpc) is 3.55. The van der Waals surface area contributed by atoms with Crippen LogP contribution in [0, 0.1) is 5.92 Å². The zero-order chi connectivity index (χ0) is 24.7. The van der Waals surface area contributed by atoms with Gasteiger partial charge in [0.2, 0.25) is 15.9 Å². The Hall–Kier alpha value is -1.72. The first-order chi connectivity index (χ1) is 16.7. The highest BCUT2D eigenvalue weighted by atomic mass is 32.2. The summed E-state index contributed by atoms with van der Waals surface area (Å²) in [4.78, 5) is 18.3. The number of rotatable bonds is 3. The van der Waals surface area contributed by atoms with E-state index in [1.165, 1.54) is 12.8 Å². The van der Waals surface area contributed by atoms with E-state index >= 15 is 0 Å². The lowest BCUT2D eigenvalue weighted by Crippen LogP contribution is -2.47. The van der Waals surface area contributed by atoms with Gasteiger partial charge in [0.15, 0.2) is 0 Å². The normalized spacial score (nSPS) is 30.7. The van der Waals surface area contributed by atoms with Crippen molar-refractivity contribution in [3.63, 3.8) is 0 Å². The first-order valence-corrected chi connectivity index (χ1v) is 14.3. The van der Waals surface area contributed by atoms with Crippen LogP contribution in [0.2, 0.25) is 0 Å². The number of ether oxygens (including phenoxy) is 1. The highest BCUT2D eigenvalue weighted by Gasteiger charge is 2.41. The number of amides is 1. The van der Waals surface area contributed by atoms with Gasteiger partial charge in [-0.25, -0.2) is 13.1 Å². The maximum Gasteiger partial charge on any atom is 0.244 e. The van der Waals surface area contributed by atoms with E-state index in [1.807, 2.05) is 24.1 Å². The van der Waals surface area contributed by atoms with Crippen molar-refractivity contribution in [2.24, 2.45) is 5.92 Å². The number of likely N-dealkylation sites (N-methyl/N-ethyl adjacent to an activating group) is 1. The molecule has 2 N–H and O–H groups in total. The molecule has 0 bridgehead atoms. The summed E-state index contributed by atoms with van der Waals surface area (Å²) in [5.41, 5.74) is 1.05. The van der Waals surface area contributed by atoms with Gasteiger partial charge in [-0.3, -0.25) is 14.6 Å². The highest BCUT2D eigenvalue weighted by Crippen LogP contribution is 2.36. The Morgan fingerprint density at radius 1 is 1.14 bits per heavy atom. The third-order valence-corrected chi connectivity index (χ3v) is 9.51. The molecule has 3 fully saturated rings. The highest BCUT2D eigenvalue weighted by molar-refractivity contribution is 7.89. The second kappa shape index (κ2) is 9.97. The molecule has 1 aromatic carbocycles. The first-order valence-electron chi connectivity index (χ1n) is 12.9. The molecule has 2 saturated heterocycles. The van der Waals surface area contributed by atoms with Crippen LogP contribution < -0.4 is 9.46 Å². The van der Waals surface area contributed by atoms with E-state index in [9.17, 15) is 18.3 Å². The van der Waals surface area contributed by atoms with Crippen molar-refractivity contribution in [3.8, 4) is 5.75 Å². The smallest absolute Gasteiger partial charge is 0.244 e. The Kier molecular flexibility index (Phi) is 7.11. The minimum atomic E-state index is -3.85. The van der Waals surface area contributed by atoms with Gasteiger partial charge >= 0.3 is 0 Å². The van der Waals surface area contributed by atoms with Gasteiger partial charge in [-0.15, -0.1) is 0 Å². The molecule has 9 nitrogen and oxygen atoms in total. The Morgan fingerprint density at radius 3 is 2.57 bits per heavy atom. The molecule has 3 heterocycles. The maximum atomic E-state index is 13.2. The molecule has 3 atom stereocenters. The number of carbonyl (C=O) groups excluding carboxylic acids is 1. The lowest BCUT2D eigenvalue weighted by atomic mass is 9.89. The summed E-state index contributed by atoms with van der Waals surface area (Å²) in [6.45, 7) is 6.00. The van der Waals surface area contributed by atoms with E-state index < -0.39 is 16.1 Å². The summed E-state index contributed by atoms with van der Waals surface area (Å²) in [6.07, 6.45) is 3.26. The number of fused-ring (bicyclic) bond motifs is 2. The number of benzene rings is 1. The van der Waals surface area contributed by atoms with Gasteiger partial charge in [-0.1, -0.05) is 6.07 Å². The number of carbonyl (C=O) groups is 1. The van der Waals surface area contributed by atoms with Crippen LogP contribution in [0.3, 0.4) is 0 Å². The minimum Gasteiger partial charge on any atom is -0.486 e. The van der Waals surface area contributed by atoms with Crippen LogP contribution in [-0.4, -0.2) is 105 Å². The van der Waals surface area contributed by atoms with Crippen molar-refractivity contribution in [2.75, 3.05) is 52.9 Å². The van der Waals surface area contributed by atoms with E-state index in [0.717, 1.165) is 44.0 Å². The molecular formula is C25H38N4O5S. The lowest BCUT2D eigenvalue weighted by Gasteiger charge is -2.32. The summed E-state index contributed by atoms with van der Waals surface area (Å²) < 4.78 is 35.5. The van der Waals surface area contributed by atoms with Gasteiger partial charge in [0.05, 0.1) is 12.1 Å². The van der Waals surface area contributed by atoms with Crippen molar-refractivity contribution in [1.82, 2.24) is 19.4 Å². The van der Waals surface area contributed by atoms with Crippen molar-refractivity contribution in [1.29, 1.82) is 0 Å². The molecule has 35 heavy (non-hydrogen) atoms. The number of piperidine rings is 1. The Labute approximate surface area is 208 Å². The van der Waals surface area contributed by atoms with E-state index in [-0.39, 0.29) is 35.4 Å². The zero-order valence-electron chi connectivity index (χ0n) is 20.7. The van der Waals surface area contributed by atoms with Crippen LogP contribution in [-0.2, 0) is 14.8 Å². The van der Waals surface area contributed by atoms with Gasteiger partial charge in [0.1, 0.15) is 16.7 Å². The molecule has 1 amide bonds. The second-order valence-electron chi connectivity index (χ2n) is 10.8. The third kappa shape index (κ3) is 5.67. The zero-order valence-corrected chi connectivity index (χ0v) is 21.5. The van der Waals surface area contributed by atoms with Crippen LogP contribution in [0.25, 0.3) is 0 Å². The molecule has 3 aliphatic heterocycles. The predicted molar refractivity (Wildman–Crippen MR) is 132 cm³/mol. The second-order valence-corrected chi connectivity index (χ2v) is 12.6. The van der Waals surface area contributed by atoms with Crippen LogP contribution in [0.4, 0.5) is 0 Å². The predicted octanol–water partition coefficient (Wildman–Crippen LogP) is 0.839. The molecule has 5 rings (SSSR count). The molecular weight excluding hydrogens is 468 g/mol. The molecule has 0 aromatic heterocycles. The molecule has 1 aromatic rings. The number of aliphatic hydroxyl groups is 1. The standard InChI is InChI=1S/C25H38N4O5S/c1-17(30)29-9-7-19(8-10-29)20-5-6-25-23(11-20)34-24-16-28(13-18-3-4-18)15-22(24)27(2)14-21(31)12-26-35(25,32)33/h5-6,11,18-19,21-22,24,26,31H,3-4,7-10,12-16H2,1-2H3/t21-,22+,24-/m0/s1. The molecule has 194 valence electrons. The van der Waals surface area contributed by atoms with E-state index in [2.05, 4.69) is 14.5 Å². The molecule has 10 heteroatoms. The van der Waals surface area contributed by atoms with Crippen molar-refractivity contribution in [3.05, 3.63) is 23.8 Å². The fourth-order valence-corrected chi connectivity index (χ4v) is 6.97. The van der Waals surface area contributed by atoms with Crippen LogP contribution in [0.15, 0.2) is 23.1 Å². The van der Waals surface area contributed by atoms with E-state index in [1.54, 1.807) is 13.0 Å². The molecule has 0 radical (unpaired) electrons. The Bertz CT molecular complexity index is 1040. The van der Waals surface area contributed by atoms with Gasteiger partial charge < -0.3 is 14.7 Å².